The van der Waals surface area contributed by atoms with Crippen molar-refractivity contribution in [2.75, 3.05) is 0 Å². The van der Waals surface area contributed by atoms with E-state index in [9.17, 15) is 0 Å². The minimum Gasteiger partial charge on any atom is -0.306 e. The third kappa shape index (κ3) is 2.61. The Balaban J connectivity index is 1.79. The molecule has 0 aromatic carbocycles. The predicted molar refractivity (Wildman–Crippen MR) is 56.9 cm³/mol. The van der Waals surface area contributed by atoms with Gasteiger partial charge in [-0.3, -0.25) is 0 Å². The Morgan fingerprint density at radius 2 is 2.29 bits per heavy atom. The minimum atomic E-state index is 0.792. The van der Waals surface area contributed by atoms with Crippen molar-refractivity contribution in [1.29, 1.82) is 0 Å². The molecule has 0 bridgehead atoms. The summed E-state index contributed by atoms with van der Waals surface area (Å²) >= 11 is 1.76. The van der Waals surface area contributed by atoms with E-state index in [1.165, 1.54) is 4.88 Å². The van der Waals surface area contributed by atoms with Crippen LogP contribution in [0.1, 0.15) is 10.6 Å². The van der Waals surface area contributed by atoms with Gasteiger partial charge in [0.15, 0.2) is 0 Å². The highest BCUT2D eigenvalue weighted by Gasteiger charge is 1.94. The lowest BCUT2D eigenvalue weighted by atomic mass is 10.4. The molecule has 2 aromatic heterocycles. The molecule has 0 saturated carbocycles. The smallest absolute Gasteiger partial charge is 0.115 e. The van der Waals surface area contributed by atoms with E-state index in [4.69, 9.17) is 0 Å². The molecular formula is C10H11N3S. The summed E-state index contributed by atoms with van der Waals surface area (Å²) in [7, 11) is 0. The molecule has 0 aliphatic carbocycles. The number of nitrogens with one attached hydrogen (secondary N) is 1. The number of hydrogen-bond acceptors (Lipinski definition) is 4. The number of thiophene rings is 1. The molecule has 2 rings (SSSR count). The van der Waals surface area contributed by atoms with Gasteiger partial charge in [-0.25, -0.2) is 9.97 Å². The molecule has 3 nitrogen and oxygen atoms in total. The van der Waals surface area contributed by atoms with Crippen molar-refractivity contribution in [2.24, 2.45) is 0 Å². The van der Waals surface area contributed by atoms with E-state index >= 15 is 0 Å². The standard InChI is InChI=1S/C10H11N3S/c1-2-10(14-5-1)7-12-6-9-3-4-11-8-13-9/h1-5,8,12H,6-7H2. The second-order valence-electron chi connectivity index (χ2n) is 2.88. The topological polar surface area (TPSA) is 37.8 Å². The van der Waals surface area contributed by atoms with Crippen LogP contribution in [0.5, 0.6) is 0 Å². The van der Waals surface area contributed by atoms with E-state index in [-0.39, 0.29) is 0 Å². The highest BCUT2D eigenvalue weighted by molar-refractivity contribution is 7.09. The monoisotopic (exact) mass is 205 g/mol. The summed E-state index contributed by atoms with van der Waals surface area (Å²) in [5.41, 5.74) is 1.02. The van der Waals surface area contributed by atoms with Crippen molar-refractivity contribution in [3.05, 3.63) is 46.7 Å². The molecule has 0 fully saturated rings. The fraction of sp³-hybridized carbons (Fsp3) is 0.200. The normalized spacial score (nSPS) is 10.3. The molecule has 72 valence electrons. The Morgan fingerprint density at radius 1 is 1.29 bits per heavy atom. The highest BCUT2D eigenvalue weighted by atomic mass is 32.1. The second kappa shape index (κ2) is 4.83. The molecule has 0 unspecified atom stereocenters. The summed E-state index contributed by atoms with van der Waals surface area (Å²) < 4.78 is 0. The third-order valence-corrected chi connectivity index (χ3v) is 2.71. The van der Waals surface area contributed by atoms with Gasteiger partial charge in [0.05, 0.1) is 5.69 Å². The molecule has 0 radical (unpaired) electrons. The van der Waals surface area contributed by atoms with Crippen LogP contribution in [-0.4, -0.2) is 9.97 Å². The Hall–Kier alpha value is -1.26. The van der Waals surface area contributed by atoms with Crippen molar-refractivity contribution < 1.29 is 0 Å². The molecule has 2 heterocycles. The zero-order valence-corrected chi connectivity index (χ0v) is 8.50. The molecule has 4 heteroatoms. The average Bonchev–Trinajstić information content (AvgIpc) is 2.72. The highest BCUT2D eigenvalue weighted by Crippen LogP contribution is 2.07. The minimum absolute atomic E-state index is 0.792. The maximum atomic E-state index is 4.13. The molecule has 14 heavy (non-hydrogen) atoms. The predicted octanol–water partition coefficient (Wildman–Crippen LogP) is 1.83. The first-order chi connectivity index (χ1) is 6.95. The number of nitrogens with zero attached hydrogens (tertiary/aromatic N) is 2. The lowest BCUT2D eigenvalue weighted by molar-refractivity contribution is 0.684. The average molecular weight is 205 g/mol. The van der Waals surface area contributed by atoms with Gasteiger partial charge in [-0.05, 0) is 17.5 Å². The zero-order valence-electron chi connectivity index (χ0n) is 7.68. The van der Waals surface area contributed by atoms with E-state index in [2.05, 4.69) is 32.8 Å². The molecule has 2 aromatic rings. The number of hydrogen-bond donors (Lipinski definition) is 1. The van der Waals surface area contributed by atoms with Gasteiger partial charge in [0, 0.05) is 24.2 Å². The Labute approximate surface area is 86.8 Å². The van der Waals surface area contributed by atoms with Crippen LogP contribution in [0.3, 0.4) is 0 Å². The summed E-state index contributed by atoms with van der Waals surface area (Å²) in [6, 6.07) is 6.10. The Kier molecular flexibility index (Phi) is 3.21. The van der Waals surface area contributed by atoms with Crippen LogP contribution in [-0.2, 0) is 13.1 Å². The van der Waals surface area contributed by atoms with Crippen LogP contribution < -0.4 is 5.32 Å². The molecule has 0 aliphatic rings. The molecule has 0 atom stereocenters. The lowest BCUT2D eigenvalue weighted by Gasteiger charge is -2.01. The molecular weight excluding hydrogens is 194 g/mol. The van der Waals surface area contributed by atoms with E-state index in [0.29, 0.717) is 0 Å². The zero-order chi connectivity index (χ0) is 9.64. The molecule has 0 amide bonds. The first kappa shape index (κ1) is 9.30. The van der Waals surface area contributed by atoms with Gasteiger partial charge in [0.2, 0.25) is 0 Å². The van der Waals surface area contributed by atoms with Crippen LogP contribution in [0.15, 0.2) is 36.1 Å². The van der Waals surface area contributed by atoms with Crippen LogP contribution in [0.2, 0.25) is 0 Å². The fourth-order valence-corrected chi connectivity index (χ4v) is 1.82. The van der Waals surface area contributed by atoms with Gasteiger partial charge in [-0.2, -0.15) is 0 Å². The van der Waals surface area contributed by atoms with Crippen molar-refractivity contribution in [3.8, 4) is 0 Å². The molecule has 1 N–H and O–H groups in total. The Morgan fingerprint density at radius 3 is 3.00 bits per heavy atom. The first-order valence-electron chi connectivity index (χ1n) is 4.43. The maximum absolute atomic E-state index is 4.13. The van der Waals surface area contributed by atoms with Crippen molar-refractivity contribution in [3.63, 3.8) is 0 Å². The van der Waals surface area contributed by atoms with E-state index in [1.807, 2.05) is 6.07 Å². The van der Waals surface area contributed by atoms with Gasteiger partial charge >= 0.3 is 0 Å². The van der Waals surface area contributed by atoms with Crippen LogP contribution in [0, 0.1) is 0 Å². The molecule has 0 aliphatic heterocycles. The van der Waals surface area contributed by atoms with E-state index < -0.39 is 0 Å². The van der Waals surface area contributed by atoms with Crippen LogP contribution >= 0.6 is 11.3 Å². The summed E-state index contributed by atoms with van der Waals surface area (Å²) in [4.78, 5) is 9.34. The van der Waals surface area contributed by atoms with Gasteiger partial charge in [-0.15, -0.1) is 11.3 Å². The van der Waals surface area contributed by atoms with E-state index in [1.54, 1.807) is 23.9 Å². The third-order valence-electron chi connectivity index (χ3n) is 1.83. The van der Waals surface area contributed by atoms with Crippen molar-refractivity contribution in [2.45, 2.75) is 13.1 Å². The summed E-state index contributed by atoms with van der Waals surface area (Å²) in [5.74, 6) is 0. The van der Waals surface area contributed by atoms with Crippen LogP contribution in [0.4, 0.5) is 0 Å². The largest absolute Gasteiger partial charge is 0.306 e. The second-order valence-corrected chi connectivity index (χ2v) is 3.92. The van der Waals surface area contributed by atoms with Crippen LogP contribution in [0.25, 0.3) is 0 Å². The fourth-order valence-electron chi connectivity index (χ4n) is 1.15. The van der Waals surface area contributed by atoms with E-state index in [0.717, 1.165) is 18.8 Å². The number of rotatable bonds is 4. The summed E-state index contributed by atoms with van der Waals surface area (Å²) in [6.07, 6.45) is 3.33. The summed E-state index contributed by atoms with van der Waals surface area (Å²) in [5, 5.41) is 5.41. The van der Waals surface area contributed by atoms with Gasteiger partial charge < -0.3 is 5.32 Å². The van der Waals surface area contributed by atoms with Gasteiger partial charge in [0.1, 0.15) is 6.33 Å². The molecule has 0 saturated heterocycles. The van der Waals surface area contributed by atoms with Crippen molar-refractivity contribution >= 4 is 11.3 Å². The quantitative estimate of drug-likeness (QED) is 0.827. The Bertz CT molecular complexity index is 358. The summed E-state index contributed by atoms with van der Waals surface area (Å²) in [6.45, 7) is 1.70. The van der Waals surface area contributed by atoms with Crippen molar-refractivity contribution in [1.82, 2.24) is 15.3 Å². The SMILES string of the molecule is c1csc(CNCc2ccncn2)c1. The van der Waals surface area contributed by atoms with Gasteiger partial charge in [0.25, 0.3) is 0 Å². The molecule has 0 spiro atoms. The maximum Gasteiger partial charge on any atom is 0.115 e. The first-order valence-corrected chi connectivity index (χ1v) is 5.31. The van der Waals surface area contributed by atoms with Gasteiger partial charge in [-0.1, -0.05) is 6.07 Å². The number of aromatic nitrogens is 2. The lowest BCUT2D eigenvalue weighted by Crippen LogP contribution is -2.12.